The number of hydrogen-bond acceptors (Lipinski definition) is 1. The number of rotatable bonds is 10. The van der Waals surface area contributed by atoms with Gasteiger partial charge in [0.2, 0.25) is 0 Å². The van der Waals surface area contributed by atoms with Gasteiger partial charge in [0, 0.05) is 0 Å². The summed E-state index contributed by atoms with van der Waals surface area (Å²) in [7, 11) is 0. The van der Waals surface area contributed by atoms with Crippen molar-refractivity contribution in [2.24, 2.45) is 0 Å². The lowest BCUT2D eigenvalue weighted by Gasteiger charge is -2.15. The fraction of sp³-hybridized carbons (Fsp3) is 0.529. The van der Waals surface area contributed by atoms with Gasteiger partial charge in [-0.2, -0.15) is 0 Å². The molecule has 0 aromatic heterocycles. The third-order valence-electron chi connectivity index (χ3n) is 3.52. The molecular formula is C17H28NO+. The summed E-state index contributed by atoms with van der Waals surface area (Å²) in [6.07, 6.45) is 5.16. The van der Waals surface area contributed by atoms with E-state index in [-0.39, 0.29) is 0 Å². The van der Waals surface area contributed by atoms with Crippen LogP contribution in [0.25, 0.3) is 0 Å². The molecule has 2 heteroatoms. The van der Waals surface area contributed by atoms with Crippen molar-refractivity contribution in [1.82, 2.24) is 0 Å². The maximum atomic E-state index is 5.88. The van der Waals surface area contributed by atoms with E-state index in [9.17, 15) is 0 Å². The Morgan fingerprint density at radius 3 is 2.58 bits per heavy atom. The normalized spacial score (nSPS) is 10.7. The topological polar surface area (TPSA) is 13.7 Å². The first-order valence-corrected chi connectivity index (χ1v) is 7.47. The van der Waals surface area contributed by atoms with Crippen molar-refractivity contribution < 1.29 is 9.64 Å². The van der Waals surface area contributed by atoms with Crippen LogP contribution < -0.4 is 9.64 Å². The molecule has 0 heterocycles. The Kier molecular flexibility index (Phi) is 7.99. The highest BCUT2D eigenvalue weighted by Gasteiger charge is 2.03. The number of quaternary nitrogens is 1. The zero-order valence-corrected chi connectivity index (χ0v) is 12.5. The maximum Gasteiger partial charge on any atom is 0.122 e. The smallest absolute Gasteiger partial charge is 0.122 e. The minimum absolute atomic E-state index is 0.814. The zero-order chi connectivity index (χ0) is 13.9. The van der Waals surface area contributed by atoms with Crippen molar-refractivity contribution in [1.29, 1.82) is 0 Å². The number of unbranched alkanes of at least 4 members (excludes halogenated alkanes) is 1. The van der Waals surface area contributed by atoms with Gasteiger partial charge in [-0.1, -0.05) is 24.3 Å². The van der Waals surface area contributed by atoms with Crippen molar-refractivity contribution in [2.75, 3.05) is 26.2 Å². The summed E-state index contributed by atoms with van der Waals surface area (Å²) in [4.78, 5) is 1.67. The lowest BCUT2D eigenvalue weighted by molar-refractivity contribution is -0.896. The van der Waals surface area contributed by atoms with Crippen LogP contribution in [-0.2, 0) is 6.42 Å². The predicted octanol–water partition coefficient (Wildman–Crippen LogP) is 2.50. The summed E-state index contributed by atoms with van der Waals surface area (Å²) in [5.41, 5.74) is 1.23. The van der Waals surface area contributed by atoms with Gasteiger partial charge in [-0.15, -0.1) is 6.58 Å². The molecule has 1 aromatic carbocycles. The molecule has 0 bridgehead atoms. The van der Waals surface area contributed by atoms with E-state index in [1.807, 2.05) is 12.1 Å². The quantitative estimate of drug-likeness (QED) is 0.505. The lowest BCUT2D eigenvalue weighted by Crippen LogP contribution is -3.11. The first-order valence-electron chi connectivity index (χ1n) is 7.47. The molecule has 1 rings (SSSR count). The van der Waals surface area contributed by atoms with E-state index in [1.54, 1.807) is 4.90 Å². The van der Waals surface area contributed by atoms with Gasteiger partial charge in [0.25, 0.3) is 0 Å². The third kappa shape index (κ3) is 5.93. The molecule has 0 aliphatic heterocycles. The summed E-state index contributed by atoms with van der Waals surface area (Å²) in [5, 5.41) is 0. The summed E-state index contributed by atoms with van der Waals surface area (Å²) in [5.74, 6) is 1.01. The van der Waals surface area contributed by atoms with E-state index in [1.165, 1.54) is 31.6 Å². The van der Waals surface area contributed by atoms with Crippen molar-refractivity contribution in [2.45, 2.75) is 33.1 Å². The highest BCUT2D eigenvalue weighted by molar-refractivity contribution is 5.34. The van der Waals surface area contributed by atoms with Crippen LogP contribution >= 0.6 is 0 Å². The molecule has 0 saturated carbocycles. The molecule has 0 radical (unpaired) electrons. The molecule has 0 unspecified atom stereocenters. The summed E-state index contributed by atoms with van der Waals surface area (Å²) in [6.45, 7) is 12.8. The van der Waals surface area contributed by atoms with Crippen LogP contribution in [0.4, 0.5) is 0 Å². The molecule has 19 heavy (non-hydrogen) atoms. The largest absolute Gasteiger partial charge is 0.493 e. The molecular weight excluding hydrogens is 234 g/mol. The SMILES string of the molecule is C=CCc1ccccc1OCCCC[NH+](CC)CC. The van der Waals surface area contributed by atoms with Crippen LogP contribution in [0.5, 0.6) is 5.75 Å². The van der Waals surface area contributed by atoms with Gasteiger partial charge in [-0.25, -0.2) is 0 Å². The predicted molar refractivity (Wildman–Crippen MR) is 82.0 cm³/mol. The molecule has 0 amide bonds. The minimum Gasteiger partial charge on any atom is -0.493 e. The monoisotopic (exact) mass is 262 g/mol. The van der Waals surface area contributed by atoms with Crippen LogP contribution in [0.1, 0.15) is 32.3 Å². The standard InChI is InChI=1S/C17H27NO/c1-4-11-16-12-7-8-13-17(16)19-15-10-9-14-18(5-2)6-3/h4,7-8,12-13H,1,5-6,9-11,14-15H2,2-3H3/p+1. The fourth-order valence-corrected chi connectivity index (χ4v) is 2.23. The van der Waals surface area contributed by atoms with Gasteiger partial charge < -0.3 is 9.64 Å². The Labute approximate surface area is 118 Å². The molecule has 0 saturated heterocycles. The van der Waals surface area contributed by atoms with Gasteiger partial charge in [-0.3, -0.25) is 0 Å². The maximum absolute atomic E-state index is 5.88. The fourth-order valence-electron chi connectivity index (χ4n) is 2.23. The molecule has 2 nitrogen and oxygen atoms in total. The second-order valence-corrected chi connectivity index (χ2v) is 4.86. The number of ether oxygens (including phenoxy) is 1. The van der Waals surface area contributed by atoms with Crippen LogP contribution in [0, 0.1) is 0 Å². The van der Waals surface area contributed by atoms with E-state index in [2.05, 4.69) is 38.6 Å². The van der Waals surface area contributed by atoms with E-state index in [0.717, 1.165) is 25.2 Å². The van der Waals surface area contributed by atoms with E-state index in [0.29, 0.717) is 0 Å². The average molecular weight is 262 g/mol. The highest BCUT2D eigenvalue weighted by Crippen LogP contribution is 2.18. The second kappa shape index (κ2) is 9.62. The molecule has 0 aliphatic rings. The van der Waals surface area contributed by atoms with Crippen molar-refractivity contribution in [3.05, 3.63) is 42.5 Å². The Bertz CT molecular complexity index is 358. The number of hydrogen-bond donors (Lipinski definition) is 1. The number of allylic oxidation sites excluding steroid dienone is 1. The molecule has 0 spiro atoms. The van der Waals surface area contributed by atoms with Gasteiger partial charge >= 0.3 is 0 Å². The summed E-state index contributed by atoms with van der Waals surface area (Å²) >= 11 is 0. The number of benzene rings is 1. The van der Waals surface area contributed by atoms with E-state index in [4.69, 9.17) is 4.74 Å². The van der Waals surface area contributed by atoms with Gasteiger partial charge in [-0.05, 0) is 44.7 Å². The lowest BCUT2D eigenvalue weighted by atomic mass is 10.1. The van der Waals surface area contributed by atoms with E-state index >= 15 is 0 Å². The highest BCUT2D eigenvalue weighted by atomic mass is 16.5. The van der Waals surface area contributed by atoms with Crippen molar-refractivity contribution >= 4 is 0 Å². The first-order chi connectivity index (χ1) is 9.31. The summed E-state index contributed by atoms with van der Waals surface area (Å²) in [6, 6.07) is 8.24. The van der Waals surface area contributed by atoms with Crippen LogP contribution in [0.15, 0.2) is 36.9 Å². The Balaban J connectivity index is 2.27. The third-order valence-corrected chi connectivity index (χ3v) is 3.52. The molecule has 0 atom stereocenters. The first kappa shape index (κ1) is 15.8. The molecule has 106 valence electrons. The van der Waals surface area contributed by atoms with Gasteiger partial charge in [0.05, 0.1) is 26.2 Å². The average Bonchev–Trinajstić information content (AvgIpc) is 2.45. The van der Waals surface area contributed by atoms with Crippen LogP contribution in [-0.4, -0.2) is 26.2 Å². The number of nitrogens with one attached hydrogen (secondary N) is 1. The molecule has 1 aromatic rings. The number of para-hydroxylation sites is 1. The Hall–Kier alpha value is -1.28. The van der Waals surface area contributed by atoms with Crippen LogP contribution in [0.3, 0.4) is 0 Å². The molecule has 0 fully saturated rings. The van der Waals surface area contributed by atoms with Crippen LogP contribution in [0.2, 0.25) is 0 Å². The zero-order valence-electron chi connectivity index (χ0n) is 12.5. The summed E-state index contributed by atoms with van der Waals surface area (Å²) < 4.78 is 5.88. The molecule has 0 aliphatic carbocycles. The Morgan fingerprint density at radius 1 is 1.16 bits per heavy atom. The van der Waals surface area contributed by atoms with Crippen molar-refractivity contribution in [3.8, 4) is 5.75 Å². The van der Waals surface area contributed by atoms with E-state index < -0.39 is 0 Å². The minimum atomic E-state index is 0.814. The van der Waals surface area contributed by atoms with Crippen molar-refractivity contribution in [3.63, 3.8) is 0 Å². The van der Waals surface area contributed by atoms with Gasteiger partial charge in [0.1, 0.15) is 5.75 Å². The molecule has 1 N–H and O–H groups in total. The van der Waals surface area contributed by atoms with Gasteiger partial charge in [0.15, 0.2) is 0 Å². The Morgan fingerprint density at radius 2 is 1.89 bits per heavy atom. The second-order valence-electron chi connectivity index (χ2n) is 4.86.